The van der Waals surface area contributed by atoms with Gasteiger partial charge in [-0.25, -0.2) is 0 Å². The van der Waals surface area contributed by atoms with E-state index in [1.165, 1.54) is 0 Å². The highest BCUT2D eigenvalue weighted by Gasteiger charge is 2.34. The number of hydrogen-bond acceptors (Lipinski definition) is 5. The molecular formula is C14H26N2O4. The van der Waals surface area contributed by atoms with Crippen LogP contribution in [-0.2, 0) is 19.1 Å². The van der Waals surface area contributed by atoms with Gasteiger partial charge in [0.2, 0.25) is 5.91 Å². The lowest BCUT2D eigenvalue weighted by molar-refractivity contribution is -0.160. The van der Waals surface area contributed by atoms with Crippen molar-refractivity contribution < 1.29 is 19.1 Å². The van der Waals surface area contributed by atoms with Crippen molar-refractivity contribution in [2.75, 3.05) is 33.4 Å². The van der Waals surface area contributed by atoms with Crippen LogP contribution in [0.15, 0.2) is 0 Å². The van der Waals surface area contributed by atoms with E-state index in [2.05, 4.69) is 5.32 Å². The second-order valence-corrected chi connectivity index (χ2v) is 6.00. The van der Waals surface area contributed by atoms with Crippen molar-refractivity contribution in [3.8, 4) is 0 Å². The number of methoxy groups -OCH3 is 1. The summed E-state index contributed by atoms with van der Waals surface area (Å²) < 4.78 is 10.3. The second kappa shape index (κ2) is 7.59. The molecule has 0 aliphatic carbocycles. The van der Waals surface area contributed by atoms with Crippen LogP contribution >= 0.6 is 0 Å². The van der Waals surface area contributed by atoms with Crippen molar-refractivity contribution in [3.63, 3.8) is 0 Å². The zero-order valence-corrected chi connectivity index (χ0v) is 12.9. The van der Waals surface area contributed by atoms with Gasteiger partial charge in [-0.15, -0.1) is 0 Å². The second-order valence-electron chi connectivity index (χ2n) is 6.00. The van der Waals surface area contributed by atoms with Gasteiger partial charge in [0.05, 0.1) is 13.2 Å². The third-order valence-electron chi connectivity index (χ3n) is 3.02. The molecule has 1 aliphatic rings. The standard InChI is InChI=1S/C14H26N2O4/c1-14(2,3)20-13(18)11-6-5-8-16(11)10-12(17)15-7-9-19-4/h11H,5-10H2,1-4H3,(H,15,17)/t11-/m1/s1. The summed E-state index contributed by atoms with van der Waals surface area (Å²) >= 11 is 0. The van der Waals surface area contributed by atoms with Crippen LogP contribution in [0.1, 0.15) is 33.6 Å². The molecule has 1 aliphatic heterocycles. The molecule has 0 unspecified atom stereocenters. The summed E-state index contributed by atoms with van der Waals surface area (Å²) in [6.07, 6.45) is 1.66. The van der Waals surface area contributed by atoms with Gasteiger partial charge in [0, 0.05) is 13.7 Å². The van der Waals surface area contributed by atoms with Gasteiger partial charge in [-0.2, -0.15) is 0 Å². The summed E-state index contributed by atoms with van der Waals surface area (Å²) in [7, 11) is 1.59. The van der Waals surface area contributed by atoms with E-state index in [4.69, 9.17) is 9.47 Å². The van der Waals surface area contributed by atoms with Crippen molar-refractivity contribution in [2.24, 2.45) is 0 Å². The minimum Gasteiger partial charge on any atom is -0.459 e. The van der Waals surface area contributed by atoms with Crippen molar-refractivity contribution in [3.05, 3.63) is 0 Å². The summed E-state index contributed by atoms with van der Waals surface area (Å²) in [6.45, 7) is 7.50. The zero-order valence-electron chi connectivity index (χ0n) is 12.9. The molecule has 1 atom stereocenters. The number of esters is 1. The van der Waals surface area contributed by atoms with Crippen molar-refractivity contribution in [1.29, 1.82) is 0 Å². The van der Waals surface area contributed by atoms with Gasteiger partial charge in [-0.1, -0.05) is 0 Å². The van der Waals surface area contributed by atoms with Gasteiger partial charge in [-0.05, 0) is 40.2 Å². The first-order chi connectivity index (χ1) is 9.33. The van der Waals surface area contributed by atoms with Gasteiger partial charge in [-0.3, -0.25) is 14.5 Å². The Balaban J connectivity index is 2.44. The minimum absolute atomic E-state index is 0.0856. The molecule has 0 saturated carbocycles. The van der Waals surface area contributed by atoms with E-state index >= 15 is 0 Å². The highest BCUT2D eigenvalue weighted by Crippen LogP contribution is 2.20. The van der Waals surface area contributed by atoms with Gasteiger partial charge < -0.3 is 14.8 Å². The van der Waals surface area contributed by atoms with Crippen LogP contribution in [0, 0.1) is 0 Å². The van der Waals surface area contributed by atoms with Crippen LogP contribution in [0.2, 0.25) is 0 Å². The molecule has 0 bridgehead atoms. The molecule has 1 fully saturated rings. The van der Waals surface area contributed by atoms with Crippen LogP contribution in [0.5, 0.6) is 0 Å². The Hall–Kier alpha value is -1.14. The third kappa shape index (κ3) is 5.88. The lowest BCUT2D eigenvalue weighted by Gasteiger charge is -2.26. The Labute approximate surface area is 120 Å². The topological polar surface area (TPSA) is 67.9 Å². The van der Waals surface area contributed by atoms with E-state index in [9.17, 15) is 9.59 Å². The highest BCUT2D eigenvalue weighted by molar-refractivity contribution is 5.81. The van der Waals surface area contributed by atoms with Crippen molar-refractivity contribution in [2.45, 2.75) is 45.3 Å². The number of nitrogens with zero attached hydrogens (tertiary/aromatic N) is 1. The maximum atomic E-state index is 12.1. The Morgan fingerprint density at radius 3 is 2.65 bits per heavy atom. The first-order valence-corrected chi connectivity index (χ1v) is 7.06. The number of nitrogens with one attached hydrogen (secondary N) is 1. The van der Waals surface area contributed by atoms with Crippen LogP contribution in [0.3, 0.4) is 0 Å². The molecule has 0 spiro atoms. The first kappa shape index (κ1) is 16.9. The third-order valence-corrected chi connectivity index (χ3v) is 3.02. The van der Waals surface area contributed by atoms with Crippen molar-refractivity contribution in [1.82, 2.24) is 10.2 Å². The smallest absolute Gasteiger partial charge is 0.323 e. The average Bonchev–Trinajstić information content (AvgIpc) is 2.75. The molecule has 0 aromatic heterocycles. The zero-order chi connectivity index (χ0) is 15.2. The number of likely N-dealkylation sites (tertiary alicyclic amines) is 1. The molecule has 6 heteroatoms. The molecule has 1 amide bonds. The molecule has 20 heavy (non-hydrogen) atoms. The van der Waals surface area contributed by atoms with Gasteiger partial charge >= 0.3 is 5.97 Å². The van der Waals surface area contributed by atoms with E-state index in [-0.39, 0.29) is 24.5 Å². The average molecular weight is 286 g/mol. The molecule has 0 aromatic carbocycles. The number of ether oxygens (including phenoxy) is 2. The fraction of sp³-hybridized carbons (Fsp3) is 0.857. The lowest BCUT2D eigenvalue weighted by atomic mass is 10.1. The minimum atomic E-state index is -0.494. The molecular weight excluding hydrogens is 260 g/mol. The number of carbonyl (C=O) groups is 2. The Bertz CT molecular complexity index is 339. The normalized spacial score (nSPS) is 19.9. The molecule has 1 heterocycles. The SMILES string of the molecule is COCCNC(=O)CN1CCC[C@@H]1C(=O)OC(C)(C)C. The van der Waals surface area contributed by atoms with Crippen LogP contribution < -0.4 is 5.32 Å². The Morgan fingerprint density at radius 2 is 2.05 bits per heavy atom. The first-order valence-electron chi connectivity index (χ1n) is 7.06. The fourth-order valence-electron chi connectivity index (χ4n) is 2.18. The fourth-order valence-corrected chi connectivity index (χ4v) is 2.18. The van der Waals surface area contributed by atoms with Gasteiger partial charge in [0.1, 0.15) is 11.6 Å². The van der Waals surface area contributed by atoms with E-state index in [1.54, 1.807) is 7.11 Å². The van der Waals surface area contributed by atoms with Crippen molar-refractivity contribution >= 4 is 11.9 Å². The molecule has 6 nitrogen and oxygen atoms in total. The molecule has 0 radical (unpaired) electrons. The van der Waals surface area contributed by atoms with Crippen LogP contribution in [0.25, 0.3) is 0 Å². The Kier molecular flexibility index (Phi) is 6.42. The summed E-state index contributed by atoms with van der Waals surface area (Å²) in [5, 5.41) is 2.76. The van der Waals surface area contributed by atoms with Crippen LogP contribution in [-0.4, -0.2) is 61.8 Å². The van der Waals surface area contributed by atoms with E-state index in [1.807, 2.05) is 25.7 Å². The molecule has 1 saturated heterocycles. The molecule has 1 rings (SSSR count). The lowest BCUT2D eigenvalue weighted by Crippen LogP contribution is -2.45. The largest absolute Gasteiger partial charge is 0.459 e. The molecule has 116 valence electrons. The monoisotopic (exact) mass is 286 g/mol. The van der Waals surface area contributed by atoms with E-state index in [0.29, 0.717) is 13.2 Å². The number of amides is 1. The Morgan fingerprint density at radius 1 is 1.35 bits per heavy atom. The van der Waals surface area contributed by atoms with Crippen LogP contribution in [0.4, 0.5) is 0 Å². The van der Waals surface area contributed by atoms with Gasteiger partial charge in [0.25, 0.3) is 0 Å². The molecule has 0 aromatic rings. The highest BCUT2D eigenvalue weighted by atomic mass is 16.6. The number of hydrogen-bond donors (Lipinski definition) is 1. The molecule has 1 N–H and O–H groups in total. The summed E-state index contributed by atoms with van der Waals surface area (Å²) in [5.41, 5.74) is -0.494. The summed E-state index contributed by atoms with van der Waals surface area (Å²) in [6, 6.07) is -0.303. The number of rotatable bonds is 6. The van der Waals surface area contributed by atoms with E-state index < -0.39 is 5.60 Å². The summed E-state index contributed by atoms with van der Waals surface area (Å²) in [5.74, 6) is -0.322. The van der Waals surface area contributed by atoms with Gasteiger partial charge in [0.15, 0.2) is 0 Å². The quantitative estimate of drug-likeness (QED) is 0.570. The summed E-state index contributed by atoms with van der Waals surface area (Å²) in [4.78, 5) is 25.7. The maximum absolute atomic E-state index is 12.1. The number of carbonyl (C=O) groups excluding carboxylic acids is 2. The predicted molar refractivity (Wildman–Crippen MR) is 75.3 cm³/mol. The maximum Gasteiger partial charge on any atom is 0.323 e. The predicted octanol–water partition coefficient (Wildman–Crippen LogP) is 0.555. The van der Waals surface area contributed by atoms with E-state index in [0.717, 1.165) is 19.4 Å².